The van der Waals surface area contributed by atoms with Crippen molar-refractivity contribution < 1.29 is 18.7 Å². The van der Waals surface area contributed by atoms with Gasteiger partial charge in [0.05, 0.1) is 6.54 Å². The van der Waals surface area contributed by atoms with Crippen molar-refractivity contribution >= 4 is 5.91 Å². The summed E-state index contributed by atoms with van der Waals surface area (Å²) in [6.07, 6.45) is 4.49. The number of nitrogens with one attached hydrogen (secondary N) is 1. The maximum Gasteiger partial charge on any atom is 0.352 e. The third-order valence-electron chi connectivity index (χ3n) is 4.74. The van der Waals surface area contributed by atoms with Gasteiger partial charge in [-0.3, -0.25) is 4.79 Å². The molecule has 134 valence electrons. The van der Waals surface area contributed by atoms with Crippen molar-refractivity contribution in [2.45, 2.75) is 50.3 Å². The molecule has 0 unspecified atom stereocenters. The molecule has 0 bridgehead atoms. The first-order chi connectivity index (χ1) is 11.9. The number of rotatable bonds is 7. The van der Waals surface area contributed by atoms with Crippen LogP contribution < -0.4 is 5.32 Å². The molecule has 1 aliphatic carbocycles. The van der Waals surface area contributed by atoms with Gasteiger partial charge in [-0.25, -0.2) is 4.98 Å². The molecular weight excluding hydrogens is 328 g/mol. The molecule has 0 radical (unpaired) electrons. The third kappa shape index (κ3) is 3.56. The highest BCUT2D eigenvalue weighted by Gasteiger charge is 2.61. The van der Waals surface area contributed by atoms with Gasteiger partial charge in [-0.15, -0.1) is 0 Å². The van der Waals surface area contributed by atoms with Gasteiger partial charge < -0.3 is 15.0 Å². The molecule has 1 saturated carbocycles. The Kier molecular flexibility index (Phi) is 4.85. The second-order valence-electron chi connectivity index (χ2n) is 6.41. The Hall–Kier alpha value is -2.28. The van der Waals surface area contributed by atoms with Crippen molar-refractivity contribution in [2.75, 3.05) is 0 Å². The number of alkyl halides is 2. The molecule has 3 rings (SSSR count). The Morgan fingerprint density at radius 2 is 2.04 bits per heavy atom. The second-order valence-corrected chi connectivity index (χ2v) is 6.41. The summed E-state index contributed by atoms with van der Waals surface area (Å²) in [7, 11) is 0. The average molecular weight is 349 g/mol. The van der Waals surface area contributed by atoms with Crippen molar-refractivity contribution in [3.63, 3.8) is 0 Å². The lowest BCUT2D eigenvalue weighted by Crippen LogP contribution is -2.60. The molecule has 1 aromatic heterocycles. The van der Waals surface area contributed by atoms with E-state index in [1.54, 1.807) is 12.4 Å². The number of imidazole rings is 1. The fraction of sp³-hybridized carbons (Fsp3) is 0.444. The SMILES string of the molecule is O=C(NCc1nccn1CCc1ccccc1)C(F)(F)C1(O)CCC1. The predicted octanol–water partition coefficient (Wildman–Crippen LogP) is 2.29. The van der Waals surface area contributed by atoms with Crippen LogP contribution >= 0.6 is 0 Å². The van der Waals surface area contributed by atoms with Gasteiger partial charge >= 0.3 is 5.92 Å². The van der Waals surface area contributed by atoms with Gasteiger partial charge in [0.15, 0.2) is 0 Å². The average Bonchev–Trinajstić information content (AvgIpc) is 3.03. The molecule has 1 aliphatic rings. The zero-order valence-corrected chi connectivity index (χ0v) is 13.8. The maximum atomic E-state index is 14.1. The van der Waals surface area contributed by atoms with Crippen LogP contribution in [0.15, 0.2) is 42.7 Å². The first-order valence-corrected chi connectivity index (χ1v) is 8.35. The Bertz CT molecular complexity index is 727. The molecule has 0 saturated heterocycles. The summed E-state index contributed by atoms with van der Waals surface area (Å²) in [5.41, 5.74) is -1.05. The van der Waals surface area contributed by atoms with Gasteiger partial charge in [0.2, 0.25) is 0 Å². The van der Waals surface area contributed by atoms with E-state index in [-0.39, 0.29) is 19.4 Å². The molecular formula is C18H21F2N3O2. The van der Waals surface area contributed by atoms with Crippen LogP contribution in [0.3, 0.4) is 0 Å². The molecule has 1 heterocycles. The van der Waals surface area contributed by atoms with Crippen LogP contribution in [0.4, 0.5) is 8.78 Å². The highest BCUT2D eigenvalue weighted by Crippen LogP contribution is 2.44. The number of hydrogen-bond acceptors (Lipinski definition) is 3. The Balaban J connectivity index is 1.57. The van der Waals surface area contributed by atoms with Gasteiger partial charge in [0.1, 0.15) is 11.4 Å². The summed E-state index contributed by atoms with van der Waals surface area (Å²) in [5, 5.41) is 12.0. The summed E-state index contributed by atoms with van der Waals surface area (Å²) in [5.74, 6) is -4.74. The molecule has 1 aromatic carbocycles. The minimum atomic E-state index is -3.79. The molecule has 0 spiro atoms. The Morgan fingerprint density at radius 3 is 2.68 bits per heavy atom. The molecule has 2 N–H and O–H groups in total. The quantitative estimate of drug-likeness (QED) is 0.806. The normalized spacial score (nSPS) is 16.3. The largest absolute Gasteiger partial charge is 0.383 e. The number of nitrogens with zero attached hydrogens (tertiary/aromatic N) is 2. The summed E-state index contributed by atoms with van der Waals surface area (Å²) < 4.78 is 29.9. The van der Waals surface area contributed by atoms with E-state index in [1.165, 1.54) is 0 Å². The summed E-state index contributed by atoms with van der Waals surface area (Å²) in [6.45, 7) is 0.530. The fourth-order valence-electron chi connectivity index (χ4n) is 2.91. The van der Waals surface area contributed by atoms with E-state index >= 15 is 0 Å². The molecule has 2 aromatic rings. The van der Waals surface area contributed by atoms with Crippen LogP contribution in [-0.2, 0) is 24.3 Å². The first kappa shape index (κ1) is 17.5. The smallest absolute Gasteiger partial charge is 0.352 e. The van der Waals surface area contributed by atoms with E-state index in [0.29, 0.717) is 18.8 Å². The topological polar surface area (TPSA) is 67.2 Å². The van der Waals surface area contributed by atoms with E-state index in [9.17, 15) is 18.7 Å². The van der Waals surface area contributed by atoms with E-state index in [1.807, 2.05) is 34.9 Å². The highest BCUT2D eigenvalue weighted by atomic mass is 19.3. The number of benzene rings is 1. The number of hydrogen-bond donors (Lipinski definition) is 2. The van der Waals surface area contributed by atoms with Gasteiger partial charge in [-0.1, -0.05) is 30.3 Å². The molecule has 5 nitrogen and oxygen atoms in total. The van der Waals surface area contributed by atoms with Gasteiger partial charge in [0.25, 0.3) is 5.91 Å². The monoisotopic (exact) mass is 349 g/mol. The van der Waals surface area contributed by atoms with Crippen molar-refractivity contribution in [2.24, 2.45) is 0 Å². The third-order valence-corrected chi connectivity index (χ3v) is 4.74. The number of halogens is 2. The molecule has 7 heteroatoms. The Labute approximate surface area is 144 Å². The van der Waals surface area contributed by atoms with Gasteiger partial charge in [-0.2, -0.15) is 8.78 Å². The number of aliphatic hydroxyl groups is 1. The number of carbonyl (C=O) groups excluding carboxylic acids is 1. The molecule has 0 atom stereocenters. The van der Waals surface area contributed by atoms with Crippen LogP contribution in [0.1, 0.15) is 30.7 Å². The lowest BCUT2D eigenvalue weighted by atomic mass is 9.75. The molecule has 0 aliphatic heterocycles. The standard InChI is InChI=1S/C18H21F2N3O2/c19-18(20,17(25)8-4-9-17)16(24)22-13-15-21-10-12-23(15)11-7-14-5-2-1-3-6-14/h1-3,5-6,10,12,25H,4,7-9,11,13H2,(H,22,24). The van der Waals surface area contributed by atoms with Crippen LogP contribution in [0, 0.1) is 0 Å². The minimum absolute atomic E-state index is 0.0564. The Morgan fingerprint density at radius 1 is 1.32 bits per heavy atom. The number of carbonyl (C=O) groups is 1. The second kappa shape index (κ2) is 6.92. The predicted molar refractivity (Wildman–Crippen MR) is 88.0 cm³/mol. The summed E-state index contributed by atoms with van der Waals surface area (Å²) in [6, 6.07) is 9.88. The van der Waals surface area contributed by atoms with Crippen LogP contribution in [0.25, 0.3) is 0 Å². The molecule has 25 heavy (non-hydrogen) atoms. The van der Waals surface area contributed by atoms with Crippen molar-refractivity contribution in [3.05, 3.63) is 54.1 Å². The van der Waals surface area contributed by atoms with Crippen molar-refractivity contribution in [1.82, 2.24) is 14.9 Å². The number of aryl methyl sites for hydroxylation is 2. The minimum Gasteiger partial charge on any atom is -0.383 e. The maximum absolute atomic E-state index is 14.1. The summed E-state index contributed by atoms with van der Waals surface area (Å²) >= 11 is 0. The van der Waals surface area contributed by atoms with Crippen LogP contribution in [-0.4, -0.2) is 32.1 Å². The van der Waals surface area contributed by atoms with Gasteiger partial charge in [-0.05, 0) is 31.2 Å². The molecule has 1 fully saturated rings. The van der Waals surface area contributed by atoms with Crippen LogP contribution in [0.5, 0.6) is 0 Å². The van der Waals surface area contributed by atoms with E-state index in [0.717, 1.165) is 12.0 Å². The fourth-order valence-corrected chi connectivity index (χ4v) is 2.91. The zero-order valence-electron chi connectivity index (χ0n) is 13.8. The first-order valence-electron chi connectivity index (χ1n) is 8.35. The number of aromatic nitrogens is 2. The zero-order chi connectivity index (χ0) is 17.9. The lowest BCUT2D eigenvalue weighted by molar-refractivity contribution is -0.216. The lowest BCUT2D eigenvalue weighted by Gasteiger charge is -2.41. The van der Waals surface area contributed by atoms with E-state index in [4.69, 9.17) is 0 Å². The molecule has 1 amide bonds. The van der Waals surface area contributed by atoms with Crippen molar-refractivity contribution in [3.8, 4) is 0 Å². The van der Waals surface area contributed by atoms with E-state index in [2.05, 4.69) is 10.3 Å². The van der Waals surface area contributed by atoms with Crippen molar-refractivity contribution in [1.29, 1.82) is 0 Å². The summed E-state index contributed by atoms with van der Waals surface area (Å²) in [4.78, 5) is 16.0. The number of amides is 1. The highest BCUT2D eigenvalue weighted by molar-refractivity contribution is 5.85. The van der Waals surface area contributed by atoms with Crippen LogP contribution in [0.2, 0.25) is 0 Å². The van der Waals surface area contributed by atoms with Gasteiger partial charge in [0, 0.05) is 18.9 Å². The van der Waals surface area contributed by atoms with E-state index < -0.39 is 17.4 Å².